The lowest BCUT2D eigenvalue weighted by Crippen LogP contribution is -2.13. The van der Waals surface area contributed by atoms with Gasteiger partial charge in [-0.15, -0.1) is 11.3 Å². The highest BCUT2D eigenvalue weighted by atomic mass is 32.1. The lowest BCUT2D eigenvalue weighted by molar-refractivity contribution is 1.30. The molecule has 0 radical (unpaired) electrons. The molecule has 0 amide bonds. The van der Waals surface area contributed by atoms with Crippen LogP contribution in [0.4, 0.5) is 17.1 Å². The van der Waals surface area contributed by atoms with Crippen LogP contribution in [0.2, 0.25) is 0 Å². The van der Waals surface area contributed by atoms with Crippen molar-refractivity contribution in [3.63, 3.8) is 0 Å². The summed E-state index contributed by atoms with van der Waals surface area (Å²) < 4.78 is 2.55. The fourth-order valence-corrected chi connectivity index (χ4v) is 11.0. The van der Waals surface area contributed by atoms with E-state index in [1.165, 1.54) is 97.4 Å². The molecule has 0 N–H and O–H groups in total. The molecule has 0 saturated heterocycles. The molecule has 0 fully saturated rings. The highest BCUT2D eigenvalue weighted by molar-refractivity contribution is 7.26. The van der Waals surface area contributed by atoms with E-state index in [-0.39, 0.29) is 0 Å². The van der Waals surface area contributed by atoms with Gasteiger partial charge >= 0.3 is 0 Å². The van der Waals surface area contributed by atoms with Gasteiger partial charge in [0, 0.05) is 32.3 Å². The minimum atomic E-state index is 1.09. The quantitative estimate of drug-likeness (QED) is 0.138. The average Bonchev–Trinajstić information content (AvgIpc) is 3.77. The van der Waals surface area contributed by atoms with Crippen LogP contribution in [0.15, 0.2) is 249 Å². The topological polar surface area (TPSA) is 3.24 Å². The van der Waals surface area contributed by atoms with Crippen molar-refractivity contribution in [2.24, 2.45) is 0 Å². The van der Waals surface area contributed by atoms with E-state index in [0.717, 1.165) is 17.1 Å². The molecule has 0 saturated carbocycles. The average molecular weight is 832 g/mol. The molecule has 2 heteroatoms. The number of anilines is 3. The van der Waals surface area contributed by atoms with E-state index in [9.17, 15) is 0 Å². The van der Waals surface area contributed by atoms with Gasteiger partial charge in [0.05, 0.1) is 16.1 Å². The van der Waals surface area contributed by atoms with Crippen LogP contribution in [0.25, 0.3) is 97.4 Å². The van der Waals surface area contributed by atoms with E-state index < -0.39 is 0 Å². The van der Waals surface area contributed by atoms with Crippen LogP contribution in [0.3, 0.4) is 0 Å². The van der Waals surface area contributed by atoms with Crippen LogP contribution >= 0.6 is 11.3 Å². The van der Waals surface area contributed by atoms with Gasteiger partial charge < -0.3 is 4.90 Å². The van der Waals surface area contributed by atoms with Crippen LogP contribution in [-0.2, 0) is 0 Å². The summed E-state index contributed by atoms with van der Waals surface area (Å²) in [5.74, 6) is 0. The molecule has 0 atom stereocenters. The number of hydrogen-bond donors (Lipinski definition) is 0. The minimum Gasteiger partial charge on any atom is -0.308 e. The summed E-state index contributed by atoms with van der Waals surface area (Å²) in [6, 6.07) is 90.9. The first-order chi connectivity index (χ1) is 31.8. The van der Waals surface area contributed by atoms with E-state index in [1.807, 2.05) is 11.3 Å². The number of hydrogen-bond acceptors (Lipinski definition) is 2. The number of benzene rings is 11. The Morgan fingerprint density at radius 2 is 0.750 bits per heavy atom. The third kappa shape index (κ3) is 6.47. The summed E-state index contributed by atoms with van der Waals surface area (Å²) >= 11 is 1.87. The first kappa shape index (κ1) is 37.7. The Morgan fingerprint density at radius 3 is 1.38 bits per heavy atom. The van der Waals surface area contributed by atoms with Gasteiger partial charge in [-0.2, -0.15) is 0 Å². The largest absolute Gasteiger partial charge is 0.308 e. The highest BCUT2D eigenvalue weighted by Gasteiger charge is 2.25. The van der Waals surface area contributed by atoms with Gasteiger partial charge in [-0.1, -0.05) is 218 Å². The fraction of sp³-hybridized carbons (Fsp3) is 0. The molecule has 64 heavy (non-hydrogen) atoms. The Morgan fingerprint density at radius 1 is 0.281 bits per heavy atom. The molecule has 0 aliphatic carbocycles. The zero-order valence-electron chi connectivity index (χ0n) is 35.0. The second kappa shape index (κ2) is 16.0. The van der Waals surface area contributed by atoms with Crippen LogP contribution in [0, 0.1) is 0 Å². The second-order valence-electron chi connectivity index (χ2n) is 16.4. The van der Waals surface area contributed by atoms with Crippen LogP contribution in [0.1, 0.15) is 0 Å². The molecule has 0 spiro atoms. The van der Waals surface area contributed by atoms with Crippen molar-refractivity contribution in [1.82, 2.24) is 0 Å². The molecule has 0 aliphatic rings. The number of fused-ring (bicyclic) bond motifs is 6. The molecule has 300 valence electrons. The van der Waals surface area contributed by atoms with E-state index in [4.69, 9.17) is 0 Å². The number of para-hydroxylation sites is 1. The molecule has 12 rings (SSSR count). The SMILES string of the molecule is c1ccc(-c2cccc(-c3ccccc3)c2N(c2ccc(-c3ccc4c(c3)c(-c3ccccc3)c(-c3ccccc3)c3ccccc34)cc2)c2cccc3c2sc2ccccc23)cc1. The summed E-state index contributed by atoms with van der Waals surface area (Å²) in [4.78, 5) is 2.51. The van der Waals surface area contributed by atoms with Crippen LogP contribution < -0.4 is 4.90 Å². The number of nitrogens with zero attached hydrogens (tertiary/aromatic N) is 1. The predicted molar refractivity (Wildman–Crippen MR) is 276 cm³/mol. The van der Waals surface area contributed by atoms with Gasteiger partial charge in [0.2, 0.25) is 0 Å². The minimum absolute atomic E-state index is 1.09. The van der Waals surface area contributed by atoms with Gasteiger partial charge in [0.25, 0.3) is 0 Å². The zero-order valence-corrected chi connectivity index (χ0v) is 35.8. The molecule has 11 aromatic carbocycles. The summed E-state index contributed by atoms with van der Waals surface area (Å²) in [7, 11) is 0. The van der Waals surface area contributed by atoms with Gasteiger partial charge in [0.15, 0.2) is 0 Å². The standard InChI is InChI=1S/C62H41NS/c1-5-19-43(20-6-1)49-30-17-31-50(44-21-7-2-8-22-44)61(49)63(57-33-18-32-55-53-28-15-16-34-58(53)64-62(55)57)48-38-35-42(36-39-48)47-37-40-52-51-27-13-14-29-54(51)59(45-23-9-3-10-24-45)60(56(52)41-47)46-25-11-4-12-26-46/h1-41H. The van der Waals surface area contributed by atoms with Crippen molar-refractivity contribution in [2.75, 3.05) is 4.90 Å². The van der Waals surface area contributed by atoms with E-state index >= 15 is 0 Å². The molecule has 0 aliphatic heterocycles. The van der Waals surface area contributed by atoms with E-state index in [2.05, 4.69) is 254 Å². The van der Waals surface area contributed by atoms with Crippen LogP contribution in [-0.4, -0.2) is 0 Å². The van der Waals surface area contributed by atoms with Crippen molar-refractivity contribution >= 4 is 70.1 Å². The van der Waals surface area contributed by atoms with Crippen molar-refractivity contribution in [3.05, 3.63) is 249 Å². The van der Waals surface area contributed by atoms with E-state index in [1.54, 1.807) is 0 Å². The fourth-order valence-electron chi connectivity index (χ4n) is 9.77. The Labute approximate surface area is 377 Å². The molecule has 1 aromatic heterocycles. The van der Waals surface area contributed by atoms with Gasteiger partial charge in [-0.25, -0.2) is 0 Å². The Bertz CT molecular complexity index is 3570. The first-order valence-corrected chi connectivity index (χ1v) is 22.7. The number of thiophene rings is 1. The maximum absolute atomic E-state index is 2.51. The Kier molecular flexibility index (Phi) is 9.43. The predicted octanol–water partition coefficient (Wildman–Crippen LogP) is 18.2. The maximum atomic E-state index is 2.51. The van der Waals surface area contributed by atoms with Crippen molar-refractivity contribution in [1.29, 1.82) is 0 Å². The summed E-state index contributed by atoms with van der Waals surface area (Å²) in [6.07, 6.45) is 0. The van der Waals surface area contributed by atoms with Crippen molar-refractivity contribution in [2.45, 2.75) is 0 Å². The maximum Gasteiger partial charge on any atom is 0.0640 e. The first-order valence-electron chi connectivity index (χ1n) is 21.9. The molecule has 0 unspecified atom stereocenters. The monoisotopic (exact) mass is 831 g/mol. The lowest BCUT2D eigenvalue weighted by atomic mass is 9.84. The number of rotatable bonds is 8. The molecular formula is C62H41NS. The van der Waals surface area contributed by atoms with Crippen molar-refractivity contribution < 1.29 is 0 Å². The second-order valence-corrected chi connectivity index (χ2v) is 17.4. The smallest absolute Gasteiger partial charge is 0.0640 e. The molecular weight excluding hydrogens is 791 g/mol. The summed E-state index contributed by atoms with van der Waals surface area (Å²) in [5, 5.41) is 7.57. The third-order valence-corrected chi connectivity index (χ3v) is 13.9. The van der Waals surface area contributed by atoms with Gasteiger partial charge in [-0.3, -0.25) is 0 Å². The molecule has 12 aromatic rings. The summed E-state index contributed by atoms with van der Waals surface area (Å²) in [6.45, 7) is 0. The third-order valence-electron chi connectivity index (χ3n) is 12.7. The highest BCUT2D eigenvalue weighted by Crippen LogP contribution is 2.51. The van der Waals surface area contributed by atoms with Gasteiger partial charge in [-0.05, 0) is 96.4 Å². The Balaban J connectivity index is 1.09. The summed E-state index contributed by atoms with van der Waals surface area (Å²) in [5.41, 5.74) is 15.4. The van der Waals surface area contributed by atoms with E-state index in [0.29, 0.717) is 0 Å². The zero-order chi connectivity index (χ0) is 42.4. The van der Waals surface area contributed by atoms with Gasteiger partial charge in [0.1, 0.15) is 0 Å². The lowest BCUT2D eigenvalue weighted by Gasteiger charge is -2.31. The van der Waals surface area contributed by atoms with Crippen molar-refractivity contribution in [3.8, 4) is 55.6 Å². The molecule has 0 bridgehead atoms. The molecule has 1 heterocycles. The van der Waals surface area contributed by atoms with Crippen LogP contribution in [0.5, 0.6) is 0 Å². The normalized spacial score (nSPS) is 11.4. The Hall–Kier alpha value is -8.04. The molecule has 1 nitrogen and oxygen atoms in total.